The molecule has 0 aromatic heterocycles. The molecule has 2 atom stereocenters. The predicted molar refractivity (Wildman–Crippen MR) is 164 cm³/mol. The Morgan fingerprint density at radius 3 is 2.26 bits per heavy atom. The lowest BCUT2D eigenvalue weighted by Crippen LogP contribution is -2.22. The minimum atomic E-state index is -0.985. The number of ether oxygens (including phenoxy) is 2. The summed E-state index contributed by atoms with van der Waals surface area (Å²) in [7, 11) is 0. The van der Waals surface area contributed by atoms with Crippen LogP contribution in [0.25, 0.3) is 0 Å². The van der Waals surface area contributed by atoms with E-state index in [4.69, 9.17) is 9.47 Å². The van der Waals surface area contributed by atoms with Crippen molar-refractivity contribution in [3.63, 3.8) is 0 Å². The molecule has 1 aliphatic rings. The molecule has 0 saturated carbocycles. The average Bonchev–Trinajstić information content (AvgIpc) is 3.02. The van der Waals surface area contributed by atoms with Gasteiger partial charge in [0.15, 0.2) is 0 Å². The first-order valence-corrected chi connectivity index (χ1v) is 15.3. The van der Waals surface area contributed by atoms with Crippen molar-refractivity contribution in [2.75, 3.05) is 32.9 Å². The second kappa shape index (κ2) is 19.5. The minimum absolute atomic E-state index is 0.0382. The number of hydrogen-bond donors (Lipinski definition) is 6. The number of phenols is 1. The molecule has 0 radical (unpaired) electrons. The Kier molecular flexibility index (Phi) is 15.7. The van der Waals surface area contributed by atoms with Gasteiger partial charge in [-0.05, 0) is 86.9 Å². The lowest BCUT2D eigenvalue weighted by atomic mass is 10.0. The number of unbranched alkanes of at least 4 members (excludes halogenated alkanes) is 4. The van der Waals surface area contributed by atoms with E-state index >= 15 is 0 Å². The Bertz CT molecular complexity index is 1120. The van der Waals surface area contributed by atoms with E-state index in [1.54, 1.807) is 24.3 Å². The van der Waals surface area contributed by atoms with Crippen LogP contribution in [-0.2, 0) is 18.0 Å². The van der Waals surface area contributed by atoms with Crippen molar-refractivity contribution in [1.29, 1.82) is 0 Å². The highest BCUT2D eigenvalue weighted by atomic mass is 16.5. The summed E-state index contributed by atoms with van der Waals surface area (Å²) in [5.41, 5.74) is 3.48. The van der Waals surface area contributed by atoms with Crippen LogP contribution in [0.2, 0.25) is 0 Å². The van der Waals surface area contributed by atoms with E-state index in [2.05, 4.69) is 23.5 Å². The maximum Gasteiger partial charge on any atom is 0.124 e. The summed E-state index contributed by atoms with van der Waals surface area (Å²) in [6, 6.07) is 9.65. The van der Waals surface area contributed by atoms with E-state index in [9.17, 15) is 25.5 Å². The molecule has 2 unspecified atom stereocenters. The van der Waals surface area contributed by atoms with Gasteiger partial charge in [0.1, 0.15) is 24.2 Å². The van der Waals surface area contributed by atoms with Crippen LogP contribution in [0.4, 0.5) is 0 Å². The van der Waals surface area contributed by atoms with E-state index in [0.29, 0.717) is 34.5 Å². The number of allylic oxidation sites excluding steroid dienone is 4. The number of aliphatic hydroxyl groups excluding tert-OH is 4. The third kappa shape index (κ3) is 11.9. The topological polar surface area (TPSA) is 132 Å². The van der Waals surface area contributed by atoms with Crippen LogP contribution >= 0.6 is 0 Å². The normalized spacial score (nSPS) is 14.5. The lowest BCUT2D eigenvalue weighted by molar-refractivity contribution is 0.106. The maximum atomic E-state index is 10.6. The summed E-state index contributed by atoms with van der Waals surface area (Å²) in [5, 5.41) is 53.3. The predicted octanol–water partition coefficient (Wildman–Crippen LogP) is 5.14. The van der Waals surface area contributed by atoms with Gasteiger partial charge in [0.05, 0.1) is 19.3 Å². The van der Waals surface area contributed by atoms with Gasteiger partial charge in [-0.2, -0.15) is 0 Å². The maximum absolute atomic E-state index is 10.6. The zero-order valence-electron chi connectivity index (χ0n) is 24.7. The Morgan fingerprint density at radius 2 is 1.50 bits per heavy atom. The quantitative estimate of drug-likeness (QED) is 0.111. The molecule has 1 aliphatic carbocycles. The van der Waals surface area contributed by atoms with Crippen LogP contribution in [0.5, 0.6) is 11.5 Å². The van der Waals surface area contributed by atoms with Gasteiger partial charge in [-0.1, -0.05) is 48.8 Å². The fourth-order valence-corrected chi connectivity index (χ4v) is 4.93. The Morgan fingerprint density at radius 1 is 0.786 bits per heavy atom. The lowest BCUT2D eigenvalue weighted by Gasteiger charge is -2.18. The zero-order valence-corrected chi connectivity index (χ0v) is 24.7. The van der Waals surface area contributed by atoms with Crippen LogP contribution < -0.4 is 10.1 Å². The minimum Gasteiger partial charge on any atom is -0.508 e. The first kappa shape index (κ1) is 33.8. The number of benzene rings is 2. The van der Waals surface area contributed by atoms with Gasteiger partial charge in [-0.25, -0.2) is 0 Å². The first-order chi connectivity index (χ1) is 20.5. The summed E-state index contributed by atoms with van der Waals surface area (Å²) >= 11 is 0. The van der Waals surface area contributed by atoms with Gasteiger partial charge >= 0.3 is 0 Å². The van der Waals surface area contributed by atoms with Gasteiger partial charge in [0, 0.05) is 30.9 Å². The molecular formula is C34H49NO7. The Balaban J connectivity index is 1.25. The molecule has 8 nitrogen and oxygen atoms in total. The molecule has 3 rings (SSSR count). The molecule has 0 heterocycles. The molecule has 0 spiro atoms. The molecule has 0 amide bonds. The Labute approximate surface area is 250 Å². The van der Waals surface area contributed by atoms with Gasteiger partial charge in [0.25, 0.3) is 0 Å². The van der Waals surface area contributed by atoms with Crippen LogP contribution in [0.15, 0.2) is 60.2 Å². The first-order valence-electron chi connectivity index (χ1n) is 15.3. The van der Waals surface area contributed by atoms with Gasteiger partial charge < -0.3 is 40.3 Å². The summed E-state index contributed by atoms with van der Waals surface area (Å²) in [4.78, 5) is 0. The second-order valence-corrected chi connectivity index (χ2v) is 10.9. The van der Waals surface area contributed by atoms with Crippen LogP contribution in [0.1, 0.15) is 92.2 Å². The standard InChI is InChI=1S/C34H49NO7/c36-23-29-20-28(13-15-31(29)38)33(40)25-42-34-16-14-27(21-30(34)24-37)32(39)22-35-17-7-1-2-8-18-41-19-9-6-12-26-10-4-3-5-11-26/h4,10-11,13-16,20-21,32-33,35-40H,1-3,5-9,12,17-19,22-25H2. The van der Waals surface area contributed by atoms with Crippen molar-refractivity contribution in [3.05, 3.63) is 82.5 Å². The number of nitrogens with one attached hydrogen (secondary N) is 1. The van der Waals surface area contributed by atoms with Crippen molar-refractivity contribution in [2.24, 2.45) is 0 Å². The molecular weight excluding hydrogens is 534 g/mol. The van der Waals surface area contributed by atoms with Gasteiger partial charge in [-0.3, -0.25) is 0 Å². The molecule has 0 bridgehead atoms. The summed E-state index contributed by atoms with van der Waals surface area (Å²) in [5.74, 6) is 0.379. The smallest absolute Gasteiger partial charge is 0.124 e. The molecule has 0 fully saturated rings. The second-order valence-electron chi connectivity index (χ2n) is 10.9. The highest BCUT2D eigenvalue weighted by Gasteiger charge is 2.15. The van der Waals surface area contributed by atoms with E-state index in [0.717, 1.165) is 58.3 Å². The van der Waals surface area contributed by atoms with E-state index < -0.39 is 12.2 Å². The monoisotopic (exact) mass is 583 g/mol. The Hall–Kier alpha value is -2.72. The molecule has 2 aromatic rings. The molecule has 0 aliphatic heterocycles. The van der Waals surface area contributed by atoms with Crippen molar-refractivity contribution in [2.45, 2.75) is 83.2 Å². The summed E-state index contributed by atoms with van der Waals surface area (Å²) in [6.07, 6.45) is 15.3. The van der Waals surface area contributed by atoms with Crippen LogP contribution in [0, 0.1) is 0 Å². The molecule has 2 aromatic carbocycles. The largest absolute Gasteiger partial charge is 0.508 e. The molecule has 232 valence electrons. The fourth-order valence-electron chi connectivity index (χ4n) is 4.93. The summed E-state index contributed by atoms with van der Waals surface area (Å²) < 4.78 is 11.5. The average molecular weight is 584 g/mol. The zero-order chi connectivity index (χ0) is 30.0. The van der Waals surface area contributed by atoms with E-state index in [1.807, 2.05) is 0 Å². The third-order valence-corrected chi connectivity index (χ3v) is 7.50. The molecule has 0 saturated heterocycles. The number of aromatic hydroxyl groups is 1. The highest BCUT2D eigenvalue weighted by molar-refractivity contribution is 5.39. The summed E-state index contributed by atoms with van der Waals surface area (Å²) in [6.45, 7) is 2.21. The molecule has 8 heteroatoms. The van der Waals surface area contributed by atoms with Crippen molar-refractivity contribution >= 4 is 0 Å². The van der Waals surface area contributed by atoms with Crippen LogP contribution in [-0.4, -0.2) is 58.4 Å². The SMILES string of the molecule is OCc1cc(C(O)COc2ccc(C(O)CNCCCCCCOCCCCC3=CCCC=C3)cc2CO)ccc1O. The fraction of sp³-hybridized carbons (Fsp3) is 0.529. The molecule has 6 N–H and O–H groups in total. The number of hydrogen-bond acceptors (Lipinski definition) is 8. The third-order valence-electron chi connectivity index (χ3n) is 7.50. The highest BCUT2D eigenvalue weighted by Crippen LogP contribution is 2.27. The van der Waals surface area contributed by atoms with Crippen molar-refractivity contribution in [1.82, 2.24) is 5.32 Å². The van der Waals surface area contributed by atoms with Crippen LogP contribution in [0.3, 0.4) is 0 Å². The van der Waals surface area contributed by atoms with Crippen molar-refractivity contribution < 1.29 is 35.0 Å². The van der Waals surface area contributed by atoms with Gasteiger partial charge in [-0.15, -0.1) is 0 Å². The van der Waals surface area contributed by atoms with E-state index in [-0.39, 0.29) is 25.6 Å². The number of rotatable bonds is 21. The molecule has 42 heavy (non-hydrogen) atoms. The van der Waals surface area contributed by atoms with Gasteiger partial charge in [0.2, 0.25) is 0 Å². The van der Waals surface area contributed by atoms with Crippen molar-refractivity contribution in [3.8, 4) is 11.5 Å². The van der Waals surface area contributed by atoms with E-state index in [1.165, 1.54) is 37.0 Å². The number of aliphatic hydroxyl groups is 4.